The van der Waals surface area contributed by atoms with Crippen molar-refractivity contribution in [2.75, 3.05) is 19.3 Å². The molecule has 1 aliphatic rings. The summed E-state index contributed by atoms with van der Waals surface area (Å²) in [5.74, 6) is 1.69. The summed E-state index contributed by atoms with van der Waals surface area (Å²) in [5, 5.41) is 9.78. The molecule has 1 unspecified atom stereocenters. The SMILES string of the molecule is CN(Cc1nccc(N)n1)CC(O)C1CC1. The molecule has 1 aliphatic carbocycles. The predicted octanol–water partition coefficient (Wildman–Crippen LogP) is 0.261. The summed E-state index contributed by atoms with van der Waals surface area (Å²) >= 11 is 0. The lowest BCUT2D eigenvalue weighted by Gasteiger charge is -2.19. The van der Waals surface area contributed by atoms with Gasteiger partial charge in [0.05, 0.1) is 12.6 Å². The van der Waals surface area contributed by atoms with Crippen molar-refractivity contribution in [2.45, 2.75) is 25.5 Å². The molecular weight excluding hydrogens is 204 g/mol. The number of aliphatic hydroxyl groups excluding tert-OH is 1. The summed E-state index contributed by atoms with van der Waals surface area (Å²) in [5.41, 5.74) is 5.57. The van der Waals surface area contributed by atoms with Gasteiger partial charge < -0.3 is 10.8 Å². The zero-order valence-corrected chi connectivity index (χ0v) is 9.50. The van der Waals surface area contributed by atoms with E-state index < -0.39 is 0 Å². The van der Waals surface area contributed by atoms with Crippen LogP contribution in [0.1, 0.15) is 18.7 Å². The van der Waals surface area contributed by atoms with Gasteiger partial charge in [0.15, 0.2) is 0 Å². The Balaban J connectivity index is 1.83. The first-order chi connectivity index (χ1) is 7.65. The normalized spacial score (nSPS) is 17.7. The van der Waals surface area contributed by atoms with Gasteiger partial charge in [-0.3, -0.25) is 4.90 Å². The van der Waals surface area contributed by atoms with E-state index in [1.807, 2.05) is 11.9 Å². The minimum absolute atomic E-state index is 0.217. The van der Waals surface area contributed by atoms with Gasteiger partial charge in [0.1, 0.15) is 11.6 Å². The number of hydrogen-bond donors (Lipinski definition) is 2. The number of hydrogen-bond acceptors (Lipinski definition) is 5. The Kier molecular flexibility index (Phi) is 3.36. The largest absolute Gasteiger partial charge is 0.392 e. The van der Waals surface area contributed by atoms with Crippen LogP contribution in [0, 0.1) is 5.92 Å². The smallest absolute Gasteiger partial charge is 0.144 e. The molecule has 0 spiro atoms. The van der Waals surface area contributed by atoms with Crippen molar-refractivity contribution in [1.82, 2.24) is 14.9 Å². The second-order valence-corrected chi connectivity index (χ2v) is 4.50. The molecule has 0 radical (unpaired) electrons. The maximum absolute atomic E-state index is 9.78. The van der Waals surface area contributed by atoms with Crippen LogP contribution in [0.2, 0.25) is 0 Å². The molecule has 3 N–H and O–H groups in total. The van der Waals surface area contributed by atoms with E-state index in [0.29, 0.717) is 30.6 Å². The molecule has 0 saturated heterocycles. The van der Waals surface area contributed by atoms with Gasteiger partial charge in [0, 0.05) is 12.7 Å². The lowest BCUT2D eigenvalue weighted by Crippen LogP contribution is -2.30. The number of rotatable bonds is 5. The summed E-state index contributed by atoms with van der Waals surface area (Å²) in [6, 6.07) is 1.67. The molecule has 1 aromatic heterocycles. The molecule has 1 atom stereocenters. The van der Waals surface area contributed by atoms with Crippen LogP contribution in [0.15, 0.2) is 12.3 Å². The Hall–Kier alpha value is -1.20. The van der Waals surface area contributed by atoms with Crippen LogP contribution in [0.4, 0.5) is 5.82 Å². The molecule has 88 valence electrons. The van der Waals surface area contributed by atoms with E-state index in [0.717, 1.165) is 12.8 Å². The maximum atomic E-state index is 9.78. The molecule has 0 aliphatic heterocycles. The first kappa shape index (κ1) is 11.3. The predicted molar refractivity (Wildman–Crippen MR) is 61.5 cm³/mol. The van der Waals surface area contributed by atoms with Crippen molar-refractivity contribution in [3.05, 3.63) is 18.1 Å². The fourth-order valence-corrected chi connectivity index (χ4v) is 1.75. The third-order valence-electron chi connectivity index (χ3n) is 2.80. The third-order valence-corrected chi connectivity index (χ3v) is 2.80. The summed E-state index contributed by atoms with van der Waals surface area (Å²) in [6.07, 6.45) is 3.75. The zero-order chi connectivity index (χ0) is 11.5. The summed E-state index contributed by atoms with van der Waals surface area (Å²) in [7, 11) is 1.96. The highest BCUT2D eigenvalue weighted by Crippen LogP contribution is 2.32. The monoisotopic (exact) mass is 222 g/mol. The molecule has 5 nitrogen and oxygen atoms in total. The zero-order valence-electron chi connectivity index (χ0n) is 9.50. The Bertz CT molecular complexity index is 354. The average Bonchev–Trinajstić information content (AvgIpc) is 2.99. The molecule has 1 fully saturated rings. The van der Waals surface area contributed by atoms with E-state index in [2.05, 4.69) is 9.97 Å². The van der Waals surface area contributed by atoms with Crippen molar-refractivity contribution in [2.24, 2.45) is 5.92 Å². The Labute approximate surface area is 95.3 Å². The molecule has 16 heavy (non-hydrogen) atoms. The van der Waals surface area contributed by atoms with Crippen molar-refractivity contribution in [1.29, 1.82) is 0 Å². The fraction of sp³-hybridized carbons (Fsp3) is 0.636. The highest BCUT2D eigenvalue weighted by atomic mass is 16.3. The van der Waals surface area contributed by atoms with E-state index in [4.69, 9.17) is 5.73 Å². The van der Waals surface area contributed by atoms with Crippen molar-refractivity contribution < 1.29 is 5.11 Å². The maximum Gasteiger partial charge on any atom is 0.144 e. The van der Waals surface area contributed by atoms with Gasteiger partial charge in [-0.25, -0.2) is 9.97 Å². The second kappa shape index (κ2) is 4.76. The minimum Gasteiger partial charge on any atom is -0.392 e. The topological polar surface area (TPSA) is 75.3 Å². The van der Waals surface area contributed by atoms with Gasteiger partial charge in [-0.1, -0.05) is 0 Å². The summed E-state index contributed by atoms with van der Waals surface area (Å²) < 4.78 is 0. The highest BCUT2D eigenvalue weighted by molar-refractivity contribution is 5.24. The van der Waals surface area contributed by atoms with Gasteiger partial charge in [-0.05, 0) is 31.9 Å². The number of nitrogens with two attached hydrogens (primary N) is 1. The molecular formula is C11H18N4O. The van der Waals surface area contributed by atoms with Gasteiger partial charge >= 0.3 is 0 Å². The minimum atomic E-state index is -0.217. The lowest BCUT2D eigenvalue weighted by atomic mass is 10.2. The number of aromatic nitrogens is 2. The Morgan fingerprint density at radius 1 is 1.62 bits per heavy atom. The number of nitrogens with zero attached hydrogens (tertiary/aromatic N) is 3. The van der Waals surface area contributed by atoms with Crippen LogP contribution in [0.25, 0.3) is 0 Å². The molecule has 1 heterocycles. The molecule has 0 amide bonds. The quantitative estimate of drug-likeness (QED) is 0.747. The van der Waals surface area contributed by atoms with Crippen LogP contribution < -0.4 is 5.73 Å². The number of likely N-dealkylation sites (N-methyl/N-ethyl adjacent to an activating group) is 1. The van der Waals surface area contributed by atoms with E-state index in [9.17, 15) is 5.11 Å². The van der Waals surface area contributed by atoms with Gasteiger partial charge in [-0.2, -0.15) is 0 Å². The van der Waals surface area contributed by atoms with Gasteiger partial charge in [0.25, 0.3) is 0 Å². The van der Waals surface area contributed by atoms with E-state index in [-0.39, 0.29) is 6.10 Å². The standard InChI is InChI=1S/C11H18N4O/c1-15(6-9(16)8-2-3-8)7-11-13-5-4-10(12)14-11/h4-5,8-9,16H,2-3,6-7H2,1H3,(H2,12,13,14). The molecule has 1 saturated carbocycles. The second-order valence-electron chi connectivity index (χ2n) is 4.50. The molecule has 2 rings (SSSR count). The van der Waals surface area contributed by atoms with Crippen LogP contribution in [-0.2, 0) is 6.54 Å². The lowest BCUT2D eigenvalue weighted by molar-refractivity contribution is 0.103. The van der Waals surface area contributed by atoms with Crippen molar-refractivity contribution in [3.8, 4) is 0 Å². The third kappa shape index (κ3) is 3.15. The van der Waals surface area contributed by atoms with E-state index in [1.165, 1.54) is 0 Å². The average molecular weight is 222 g/mol. The first-order valence-corrected chi connectivity index (χ1v) is 5.59. The van der Waals surface area contributed by atoms with Crippen LogP contribution >= 0.6 is 0 Å². The number of aliphatic hydroxyl groups is 1. The highest BCUT2D eigenvalue weighted by Gasteiger charge is 2.30. The Morgan fingerprint density at radius 3 is 3.00 bits per heavy atom. The molecule has 1 aromatic rings. The van der Waals surface area contributed by atoms with Gasteiger partial charge in [0.2, 0.25) is 0 Å². The van der Waals surface area contributed by atoms with E-state index >= 15 is 0 Å². The number of anilines is 1. The van der Waals surface area contributed by atoms with Gasteiger partial charge in [-0.15, -0.1) is 0 Å². The summed E-state index contributed by atoms with van der Waals surface area (Å²) in [4.78, 5) is 10.3. The fourth-order valence-electron chi connectivity index (χ4n) is 1.75. The van der Waals surface area contributed by atoms with Crippen molar-refractivity contribution in [3.63, 3.8) is 0 Å². The van der Waals surface area contributed by atoms with Crippen molar-refractivity contribution >= 4 is 5.82 Å². The van der Waals surface area contributed by atoms with Crippen LogP contribution in [0.5, 0.6) is 0 Å². The van der Waals surface area contributed by atoms with Crippen LogP contribution in [0.3, 0.4) is 0 Å². The number of nitrogen functional groups attached to an aromatic ring is 1. The first-order valence-electron chi connectivity index (χ1n) is 5.59. The van der Waals surface area contributed by atoms with Crippen LogP contribution in [-0.4, -0.2) is 39.7 Å². The Morgan fingerprint density at radius 2 is 2.38 bits per heavy atom. The molecule has 5 heteroatoms. The van der Waals surface area contributed by atoms with E-state index in [1.54, 1.807) is 12.3 Å². The summed E-state index contributed by atoms with van der Waals surface area (Å²) in [6.45, 7) is 1.29. The molecule has 0 aromatic carbocycles. The molecule has 0 bridgehead atoms.